The van der Waals surface area contributed by atoms with Crippen molar-refractivity contribution in [2.45, 2.75) is 13.0 Å². The number of nitrogens with zero attached hydrogens (tertiary/aromatic N) is 3. The molecule has 0 unspecified atom stereocenters. The molecule has 0 spiro atoms. The highest BCUT2D eigenvalue weighted by molar-refractivity contribution is 7.21. The number of thiophene rings is 1. The van der Waals surface area contributed by atoms with Crippen LogP contribution in [0.1, 0.15) is 12.0 Å². The number of aromatic nitrogens is 2. The number of rotatable bonds is 8. The second-order valence-corrected chi connectivity index (χ2v) is 8.18. The number of para-hydroxylation sites is 1. The minimum Gasteiger partial charge on any atom is -0.496 e. The van der Waals surface area contributed by atoms with Gasteiger partial charge in [-0.15, -0.1) is 11.3 Å². The van der Waals surface area contributed by atoms with Crippen molar-refractivity contribution in [2.24, 2.45) is 0 Å². The quantitative estimate of drug-likeness (QED) is 0.444. The lowest BCUT2D eigenvalue weighted by molar-refractivity contribution is -0.121. The average Bonchev–Trinajstić information content (AvgIpc) is 3.26. The molecule has 4 aromatic rings. The number of fused-ring (bicyclic) bond motifs is 1. The first-order valence-corrected chi connectivity index (χ1v) is 10.9. The molecule has 0 aliphatic rings. The molecule has 4 rings (SSSR count). The zero-order chi connectivity index (χ0) is 21.6. The van der Waals surface area contributed by atoms with E-state index in [1.165, 1.54) is 0 Å². The summed E-state index contributed by atoms with van der Waals surface area (Å²) in [4.78, 5) is 25.4. The van der Waals surface area contributed by atoms with E-state index in [1.54, 1.807) is 24.8 Å². The Balaban J connectivity index is 1.41. The molecule has 0 radical (unpaired) electrons. The van der Waals surface area contributed by atoms with Gasteiger partial charge in [0.1, 0.15) is 22.7 Å². The lowest BCUT2D eigenvalue weighted by Gasteiger charge is -2.18. The van der Waals surface area contributed by atoms with E-state index < -0.39 is 0 Å². The normalized spacial score (nSPS) is 10.8. The Bertz CT molecular complexity index is 1180. The number of anilines is 1. The van der Waals surface area contributed by atoms with Crippen LogP contribution in [0.15, 0.2) is 67.0 Å². The lowest BCUT2D eigenvalue weighted by atomic mass is 10.2. The molecule has 1 N–H and O–H groups in total. The summed E-state index contributed by atoms with van der Waals surface area (Å²) in [5.74, 6) is 1.59. The van der Waals surface area contributed by atoms with Crippen molar-refractivity contribution in [3.05, 3.63) is 72.6 Å². The van der Waals surface area contributed by atoms with Crippen molar-refractivity contribution in [2.75, 3.05) is 25.6 Å². The molecule has 158 valence electrons. The molecule has 0 fully saturated rings. The van der Waals surface area contributed by atoms with Crippen LogP contribution in [0.5, 0.6) is 5.75 Å². The zero-order valence-electron chi connectivity index (χ0n) is 17.5. The molecule has 0 saturated heterocycles. The summed E-state index contributed by atoms with van der Waals surface area (Å²) in [6.45, 7) is 0.996. The van der Waals surface area contributed by atoms with Gasteiger partial charge in [0.2, 0.25) is 5.91 Å². The monoisotopic (exact) mass is 432 g/mol. The summed E-state index contributed by atoms with van der Waals surface area (Å²) in [5, 5.41) is 3.97. The van der Waals surface area contributed by atoms with Crippen LogP contribution in [0.25, 0.3) is 20.7 Å². The first kappa shape index (κ1) is 20.8. The second kappa shape index (κ2) is 9.57. The number of hydrogen-bond donors (Lipinski definition) is 1. The fourth-order valence-corrected chi connectivity index (χ4v) is 4.40. The van der Waals surface area contributed by atoms with E-state index in [0.29, 0.717) is 19.5 Å². The van der Waals surface area contributed by atoms with Crippen LogP contribution in [0.2, 0.25) is 0 Å². The Morgan fingerprint density at radius 3 is 2.68 bits per heavy atom. The van der Waals surface area contributed by atoms with Crippen LogP contribution in [-0.2, 0) is 11.3 Å². The van der Waals surface area contributed by atoms with Crippen LogP contribution in [0.3, 0.4) is 0 Å². The molecule has 6 nitrogen and oxygen atoms in total. The van der Waals surface area contributed by atoms with Gasteiger partial charge in [0.25, 0.3) is 0 Å². The first-order valence-electron chi connectivity index (χ1n) is 10.1. The standard InChI is InChI=1S/C24H24N4O2S/c1-28(13-12-22(29)25-15-18-10-6-7-11-20(18)30-2)23-19-14-21(17-8-4-3-5-9-17)31-24(19)27-16-26-23/h3-11,14,16H,12-13,15H2,1-2H3,(H,25,29). The predicted octanol–water partition coefficient (Wildman–Crippen LogP) is 4.51. The van der Waals surface area contributed by atoms with Gasteiger partial charge < -0.3 is 15.0 Å². The van der Waals surface area contributed by atoms with Crippen molar-refractivity contribution in [3.63, 3.8) is 0 Å². The van der Waals surface area contributed by atoms with Gasteiger partial charge in [0, 0.05) is 37.0 Å². The van der Waals surface area contributed by atoms with E-state index in [2.05, 4.69) is 33.5 Å². The summed E-state index contributed by atoms with van der Waals surface area (Å²) in [7, 11) is 3.58. The van der Waals surface area contributed by atoms with Crippen molar-refractivity contribution in [1.82, 2.24) is 15.3 Å². The molecular weight excluding hydrogens is 408 g/mol. The number of amides is 1. The number of benzene rings is 2. The molecule has 0 saturated carbocycles. The molecule has 0 aliphatic heterocycles. The second-order valence-electron chi connectivity index (χ2n) is 7.15. The number of nitrogens with one attached hydrogen (secondary N) is 1. The van der Waals surface area contributed by atoms with Crippen LogP contribution in [0, 0.1) is 0 Å². The van der Waals surface area contributed by atoms with Gasteiger partial charge in [-0.05, 0) is 17.7 Å². The van der Waals surface area contributed by atoms with Gasteiger partial charge in [0.05, 0.1) is 12.5 Å². The van der Waals surface area contributed by atoms with Crippen molar-refractivity contribution in [1.29, 1.82) is 0 Å². The van der Waals surface area contributed by atoms with Gasteiger partial charge in [-0.2, -0.15) is 0 Å². The van der Waals surface area contributed by atoms with E-state index in [0.717, 1.165) is 37.8 Å². The van der Waals surface area contributed by atoms with E-state index in [9.17, 15) is 4.79 Å². The van der Waals surface area contributed by atoms with E-state index >= 15 is 0 Å². The van der Waals surface area contributed by atoms with Gasteiger partial charge in [-0.1, -0.05) is 48.5 Å². The van der Waals surface area contributed by atoms with E-state index in [1.807, 2.05) is 54.4 Å². The van der Waals surface area contributed by atoms with Gasteiger partial charge in [-0.25, -0.2) is 9.97 Å². The van der Waals surface area contributed by atoms with Crippen molar-refractivity contribution < 1.29 is 9.53 Å². The third-order valence-electron chi connectivity index (χ3n) is 5.07. The predicted molar refractivity (Wildman–Crippen MR) is 126 cm³/mol. The summed E-state index contributed by atoms with van der Waals surface area (Å²) in [6, 6.07) is 20.1. The van der Waals surface area contributed by atoms with Crippen LogP contribution in [-0.4, -0.2) is 36.6 Å². The Hall–Kier alpha value is -3.45. The molecule has 1 amide bonds. The molecule has 31 heavy (non-hydrogen) atoms. The fraction of sp³-hybridized carbons (Fsp3) is 0.208. The maximum absolute atomic E-state index is 12.4. The molecule has 2 heterocycles. The van der Waals surface area contributed by atoms with Crippen LogP contribution < -0.4 is 15.0 Å². The smallest absolute Gasteiger partial charge is 0.222 e. The average molecular weight is 433 g/mol. The molecule has 0 atom stereocenters. The molecule has 2 aromatic heterocycles. The summed E-state index contributed by atoms with van der Waals surface area (Å²) in [6.07, 6.45) is 1.95. The third kappa shape index (κ3) is 4.83. The number of ether oxygens (including phenoxy) is 1. The topological polar surface area (TPSA) is 67.3 Å². The largest absolute Gasteiger partial charge is 0.496 e. The minimum absolute atomic E-state index is 0.0154. The highest BCUT2D eigenvalue weighted by Crippen LogP contribution is 2.35. The molecular formula is C24H24N4O2S. The first-order chi connectivity index (χ1) is 15.2. The third-order valence-corrected chi connectivity index (χ3v) is 6.16. The summed E-state index contributed by atoms with van der Waals surface area (Å²) < 4.78 is 5.34. The van der Waals surface area contributed by atoms with Gasteiger partial charge in [0.15, 0.2) is 0 Å². The molecule has 7 heteroatoms. The Morgan fingerprint density at radius 1 is 1.10 bits per heavy atom. The summed E-state index contributed by atoms with van der Waals surface area (Å²) in [5.41, 5.74) is 2.12. The van der Waals surface area contributed by atoms with Crippen molar-refractivity contribution >= 4 is 33.3 Å². The van der Waals surface area contributed by atoms with Crippen LogP contribution >= 0.6 is 11.3 Å². The van der Waals surface area contributed by atoms with Crippen LogP contribution in [0.4, 0.5) is 5.82 Å². The Labute approximate surface area is 185 Å². The zero-order valence-corrected chi connectivity index (χ0v) is 18.4. The van der Waals surface area contributed by atoms with Gasteiger partial charge >= 0.3 is 0 Å². The molecule has 0 aliphatic carbocycles. The Kier molecular flexibility index (Phi) is 6.43. The maximum Gasteiger partial charge on any atom is 0.222 e. The minimum atomic E-state index is -0.0154. The number of methoxy groups -OCH3 is 1. The maximum atomic E-state index is 12.4. The number of carbonyl (C=O) groups is 1. The summed E-state index contributed by atoms with van der Waals surface area (Å²) >= 11 is 1.65. The fourth-order valence-electron chi connectivity index (χ4n) is 3.40. The number of carbonyl (C=O) groups excluding carboxylic acids is 1. The highest BCUT2D eigenvalue weighted by Gasteiger charge is 2.14. The Morgan fingerprint density at radius 2 is 1.87 bits per heavy atom. The van der Waals surface area contributed by atoms with Gasteiger partial charge in [-0.3, -0.25) is 4.79 Å². The lowest BCUT2D eigenvalue weighted by Crippen LogP contribution is -2.29. The highest BCUT2D eigenvalue weighted by atomic mass is 32.1. The SMILES string of the molecule is COc1ccccc1CNC(=O)CCN(C)c1ncnc2sc(-c3ccccc3)cc12. The van der Waals surface area contributed by atoms with E-state index in [4.69, 9.17) is 4.74 Å². The van der Waals surface area contributed by atoms with E-state index in [-0.39, 0.29) is 5.91 Å². The molecule has 2 aromatic carbocycles. The number of hydrogen-bond acceptors (Lipinski definition) is 6. The van der Waals surface area contributed by atoms with Crippen molar-refractivity contribution in [3.8, 4) is 16.2 Å². The molecule has 0 bridgehead atoms.